The van der Waals surface area contributed by atoms with Crippen LogP contribution in [0.3, 0.4) is 0 Å². The highest BCUT2D eigenvalue weighted by atomic mass is 16.3. The summed E-state index contributed by atoms with van der Waals surface area (Å²) in [4.78, 5) is 18.4. The Morgan fingerprint density at radius 2 is 1.95 bits per heavy atom. The van der Waals surface area contributed by atoms with Crippen LogP contribution >= 0.6 is 0 Å². The van der Waals surface area contributed by atoms with Gasteiger partial charge in [0.05, 0.1) is 5.60 Å². The van der Waals surface area contributed by atoms with Crippen LogP contribution in [0.4, 0.5) is 5.82 Å². The number of anilines is 1. The highest BCUT2D eigenvalue weighted by molar-refractivity contribution is 5.36. The van der Waals surface area contributed by atoms with Gasteiger partial charge in [-0.2, -0.15) is 0 Å². The van der Waals surface area contributed by atoms with Crippen LogP contribution < -0.4 is 10.5 Å². The first-order chi connectivity index (χ1) is 10.6. The summed E-state index contributed by atoms with van der Waals surface area (Å²) in [7, 11) is 1.73. The first-order valence-corrected chi connectivity index (χ1v) is 7.65. The summed E-state index contributed by atoms with van der Waals surface area (Å²) < 4.78 is 1.54. The van der Waals surface area contributed by atoms with Crippen molar-refractivity contribution in [1.82, 2.24) is 9.55 Å². The normalized spacial score (nSPS) is 22.4. The van der Waals surface area contributed by atoms with Crippen LogP contribution in [0.5, 0.6) is 0 Å². The number of hydrogen-bond acceptors (Lipinski definition) is 4. The molecule has 5 nitrogen and oxygen atoms in total. The van der Waals surface area contributed by atoms with E-state index < -0.39 is 5.60 Å². The zero-order chi connectivity index (χ0) is 15.6. The van der Waals surface area contributed by atoms with Gasteiger partial charge in [0, 0.05) is 32.5 Å². The van der Waals surface area contributed by atoms with Crippen molar-refractivity contribution < 1.29 is 5.11 Å². The number of aromatic nitrogens is 2. The van der Waals surface area contributed by atoms with E-state index in [9.17, 15) is 9.90 Å². The number of aryl methyl sites for hydroxylation is 1. The van der Waals surface area contributed by atoms with E-state index in [1.807, 2.05) is 35.2 Å². The Morgan fingerprint density at radius 3 is 2.73 bits per heavy atom. The topological polar surface area (TPSA) is 58.4 Å². The molecule has 1 unspecified atom stereocenters. The van der Waals surface area contributed by atoms with Gasteiger partial charge in [0.1, 0.15) is 0 Å². The van der Waals surface area contributed by atoms with E-state index in [2.05, 4.69) is 4.98 Å². The molecule has 0 saturated carbocycles. The molecule has 1 saturated heterocycles. The minimum Gasteiger partial charge on any atom is -0.385 e. The van der Waals surface area contributed by atoms with E-state index in [0.29, 0.717) is 25.2 Å². The molecule has 3 rings (SSSR count). The van der Waals surface area contributed by atoms with Gasteiger partial charge in [0.25, 0.3) is 5.56 Å². The molecule has 22 heavy (non-hydrogen) atoms. The van der Waals surface area contributed by atoms with Crippen LogP contribution in [0.25, 0.3) is 0 Å². The third kappa shape index (κ3) is 2.76. The Kier molecular flexibility index (Phi) is 3.98. The molecule has 0 spiro atoms. The van der Waals surface area contributed by atoms with Crippen molar-refractivity contribution in [2.24, 2.45) is 7.05 Å². The van der Waals surface area contributed by atoms with Crippen LogP contribution in [-0.4, -0.2) is 27.7 Å². The van der Waals surface area contributed by atoms with Crippen LogP contribution in [0.1, 0.15) is 24.8 Å². The van der Waals surface area contributed by atoms with Gasteiger partial charge in [-0.15, -0.1) is 0 Å². The second-order valence-corrected chi connectivity index (χ2v) is 5.91. The molecule has 1 aromatic carbocycles. The van der Waals surface area contributed by atoms with Crippen LogP contribution in [-0.2, 0) is 12.6 Å². The molecule has 0 radical (unpaired) electrons. The van der Waals surface area contributed by atoms with Crippen molar-refractivity contribution in [2.75, 3.05) is 18.0 Å². The number of nitrogens with zero attached hydrogens (tertiary/aromatic N) is 3. The van der Waals surface area contributed by atoms with Gasteiger partial charge < -0.3 is 14.6 Å². The lowest BCUT2D eigenvalue weighted by molar-refractivity contribution is 0.0244. The van der Waals surface area contributed by atoms with E-state index in [1.165, 1.54) is 4.57 Å². The summed E-state index contributed by atoms with van der Waals surface area (Å²) in [6.07, 6.45) is 5.41. The lowest BCUT2D eigenvalue weighted by atomic mass is 9.87. The van der Waals surface area contributed by atoms with E-state index in [-0.39, 0.29) is 5.56 Å². The van der Waals surface area contributed by atoms with Crippen molar-refractivity contribution in [2.45, 2.75) is 24.9 Å². The Labute approximate surface area is 129 Å². The first kappa shape index (κ1) is 14.8. The van der Waals surface area contributed by atoms with Crippen LogP contribution in [0, 0.1) is 0 Å². The van der Waals surface area contributed by atoms with Gasteiger partial charge >= 0.3 is 0 Å². The van der Waals surface area contributed by atoms with E-state index in [4.69, 9.17) is 0 Å². The fourth-order valence-electron chi connectivity index (χ4n) is 3.07. The Bertz CT molecular complexity index is 699. The number of benzene rings is 1. The van der Waals surface area contributed by atoms with Crippen LogP contribution in [0.15, 0.2) is 47.5 Å². The lowest BCUT2D eigenvalue weighted by Crippen LogP contribution is -2.34. The minimum atomic E-state index is -0.823. The molecule has 1 aliphatic rings. The molecule has 1 N–H and O–H groups in total. The monoisotopic (exact) mass is 299 g/mol. The van der Waals surface area contributed by atoms with Crippen LogP contribution in [0.2, 0.25) is 0 Å². The molecular weight excluding hydrogens is 278 g/mol. The second kappa shape index (κ2) is 5.93. The molecule has 0 aliphatic carbocycles. The zero-order valence-corrected chi connectivity index (χ0v) is 12.8. The highest BCUT2D eigenvalue weighted by Crippen LogP contribution is 2.33. The first-order valence-electron chi connectivity index (χ1n) is 7.65. The Hall–Kier alpha value is -2.14. The maximum atomic E-state index is 12.2. The van der Waals surface area contributed by atoms with Gasteiger partial charge in [-0.3, -0.25) is 4.79 Å². The smallest absolute Gasteiger partial charge is 0.293 e. The molecule has 116 valence electrons. The molecule has 1 atom stereocenters. The van der Waals surface area contributed by atoms with Gasteiger partial charge in [0.15, 0.2) is 5.82 Å². The molecule has 5 heteroatoms. The van der Waals surface area contributed by atoms with E-state index in [1.54, 1.807) is 19.4 Å². The predicted molar refractivity (Wildman–Crippen MR) is 85.9 cm³/mol. The number of hydrogen-bond donors (Lipinski definition) is 1. The number of aliphatic hydroxyl groups is 1. The molecule has 0 amide bonds. The van der Waals surface area contributed by atoms with E-state index in [0.717, 1.165) is 18.5 Å². The number of rotatable bonds is 2. The largest absolute Gasteiger partial charge is 0.385 e. The van der Waals surface area contributed by atoms with Gasteiger partial charge in [-0.25, -0.2) is 4.98 Å². The van der Waals surface area contributed by atoms with Crippen molar-refractivity contribution in [1.29, 1.82) is 0 Å². The van der Waals surface area contributed by atoms with Crippen molar-refractivity contribution >= 4 is 5.82 Å². The summed E-state index contributed by atoms with van der Waals surface area (Å²) in [6, 6.07) is 9.79. The SMILES string of the molecule is Cn1ccnc(N2CCCC(O)(c3ccccc3)CC2)c1=O. The van der Waals surface area contributed by atoms with Crippen molar-refractivity contribution in [3.8, 4) is 0 Å². The van der Waals surface area contributed by atoms with Gasteiger partial charge in [0.2, 0.25) is 0 Å². The zero-order valence-electron chi connectivity index (χ0n) is 12.8. The third-order valence-electron chi connectivity index (χ3n) is 4.42. The third-order valence-corrected chi connectivity index (χ3v) is 4.42. The minimum absolute atomic E-state index is 0.0901. The Balaban J connectivity index is 1.83. The molecule has 1 aromatic heterocycles. The van der Waals surface area contributed by atoms with Gasteiger partial charge in [-0.05, 0) is 24.8 Å². The van der Waals surface area contributed by atoms with Crippen molar-refractivity contribution in [3.63, 3.8) is 0 Å². The standard InChI is InChI=1S/C17H21N3O2/c1-19-13-10-18-15(16(19)21)20-11-5-8-17(22,9-12-20)14-6-3-2-4-7-14/h2-4,6-7,10,13,22H,5,8-9,11-12H2,1H3. The Morgan fingerprint density at radius 1 is 1.18 bits per heavy atom. The molecule has 2 aromatic rings. The maximum absolute atomic E-state index is 12.2. The summed E-state index contributed by atoms with van der Waals surface area (Å²) in [5, 5.41) is 11.0. The van der Waals surface area contributed by atoms with Crippen molar-refractivity contribution in [3.05, 3.63) is 58.6 Å². The fourth-order valence-corrected chi connectivity index (χ4v) is 3.07. The second-order valence-electron chi connectivity index (χ2n) is 5.91. The predicted octanol–water partition coefficient (Wildman–Crippen LogP) is 1.66. The fraction of sp³-hybridized carbons (Fsp3) is 0.412. The molecular formula is C17H21N3O2. The average molecular weight is 299 g/mol. The summed E-state index contributed by atoms with van der Waals surface area (Å²) >= 11 is 0. The van der Waals surface area contributed by atoms with E-state index >= 15 is 0 Å². The lowest BCUT2D eigenvalue weighted by Gasteiger charge is -2.27. The summed E-state index contributed by atoms with van der Waals surface area (Å²) in [6.45, 7) is 1.36. The summed E-state index contributed by atoms with van der Waals surface area (Å²) in [5.41, 5.74) is 0.0363. The molecule has 2 heterocycles. The highest BCUT2D eigenvalue weighted by Gasteiger charge is 2.32. The van der Waals surface area contributed by atoms with Gasteiger partial charge in [-0.1, -0.05) is 30.3 Å². The quantitative estimate of drug-likeness (QED) is 0.916. The maximum Gasteiger partial charge on any atom is 0.293 e. The molecule has 0 bridgehead atoms. The average Bonchev–Trinajstić information content (AvgIpc) is 2.74. The molecule has 1 fully saturated rings. The summed E-state index contributed by atoms with van der Waals surface area (Å²) in [5.74, 6) is 0.474. The molecule has 1 aliphatic heterocycles.